The number of nitrogens with one attached hydrogen (secondary N) is 1. The van der Waals surface area contributed by atoms with Crippen LogP contribution in [0.2, 0.25) is 0 Å². The summed E-state index contributed by atoms with van der Waals surface area (Å²) in [4.78, 5) is 16.4. The van der Waals surface area contributed by atoms with Crippen molar-refractivity contribution in [2.24, 2.45) is 0 Å². The van der Waals surface area contributed by atoms with Gasteiger partial charge in [0.1, 0.15) is 5.82 Å². The number of aromatic nitrogens is 1. The zero-order valence-electron chi connectivity index (χ0n) is 13.1. The van der Waals surface area contributed by atoms with E-state index in [4.69, 9.17) is 0 Å². The monoisotopic (exact) mass is 338 g/mol. The lowest BCUT2D eigenvalue weighted by Crippen LogP contribution is -2.14. The second kappa shape index (κ2) is 6.79. The Kier molecular flexibility index (Phi) is 5.24. The fourth-order valence-electron chi connectivity index (χ4n) is 1.66. The molecule has 1 N–H and O–H groups in total. The average Bonchev–Trinajstić information content (AvgIpc) is 2.89. The molecule has 0 saturated carbocycles. The zero-order chi connectivity index (χ0) is 16.3. The molecule has 0 unspecified atom stereocenters. The first-order valence-corrected chi connectivity index (χ1v) is 8.77. The number of halogens is 1. The highest BCUT2D eigenvalue weighted by Gasteiger charge is 2.18. The minimum Gasteiger partial charge on any atom is -0.325 e. The predicted octanol–water partition coefficient (Wildman–Crippen LogP) is 4.62. The lowest BCUT2D eigenvalue weighted by molar-refractivity contribution is -0.113. The molecule has 1 aromatic heterocycles. The molecule has 0 aliphatic carbocycles. The summed E-state index contributed by atoms with van der Waals surface area (Å²) in [5.41, 5.74) is 2.07. The van der Waals surface area contributed by atoms with Crippen LogP contribution in [0.15, 0.2) is 27.9 Å². The minimum atomic E-state index is -0.319. The molecule has 0 aliphatic heterocycles. The standard InChI is InChI=1S/C16H19FN2OS2/c1-10-5-6-11(7-12(10)17)18-14(20)9-22-15-19-13(8-21-15)16(2,3)4/h5-8H,9H2,1-4H3,(H,18,20). The maximum atomic E-state index is 13.4. The summed E-state index contributed by atoms with van der Waals surface area (Å²) in [5.74, 6) is -0.229. The number of thiazole rings is 1. The summed E-state index contributed by atoms with van der Waals surface area (Å²) in [6.45, 7) is 8.01. The number of hydrogen-bond donors (Lipinski definition) is 1. The second-order valence-corrected chi connectivity index (χ2v) is 8.13. The molecule has 0 saturated heterocycles. The number of thioether (sulfide) groups is 1. The number of hydrogen-bond acceptors (Lipinski definition) is 4. The molecule has 2 aromatic rings. The Labute approximate surface area is 138 Å². The number of anilines is 1. The molecule has 0 fully saturated rings. The first-order chi connectivity index (χ1) is 10.3. The molecule has 0 atom stereocenters. The Balaban J connectivity index is 1.90. The predicted molar refractivity (Wildman–Crippen MR) is 91.3 cm³/mol. The van der Waals surface area contributed by atoms with Gasteiger partial charge in [0.05, 0.1) is 11.4 Å². The Morgan fingerprint density at radius 1 is 1.41 bits per heavy atom. The van der Waals surface area contributed by atoms with Gasteiger partial charge in [0.15, 0.2) is 4.34 Å². The molecule has 1 amide bonds. The number of rotatable bonds is 4. The molecule has 0 radical (unpaired) electrons. The fourth-order valence-corrected chi connectivity index (χ4v) is 3.52. The van der Waals surface area contributed by atoms with Crippen molar-refractivity contribution in [3.8, 4) is 0 Å². The molecule has 3 nitrogen and oxygen atoms in total. The van der Waals surface area contributed by atoms with Crippen LogP contribution >= 0.6 is 23.1 Å². The third kappa shape index (κ3) is 4.55. The van der Waals surface area contributed by atoms with E-state index in [0.29, 0.717) is 11.3 Å². The third-order valence-electron chi connectivity index (χ3n) is 3.03. The first kappa shape index (κ1) is 17.0. The van der Waals surface area contributed by atoms with Crippen molar-refractivity contribution in [2.75, 3.05) is 11.1 Å². The molecule has 1 aromatic carbocycles. The minimum absolute atomic E-state index is 0.0109. The van der Waals surface area contributed by atoms with Crippen LogP contribution in [-0.2, 0) is 10.2 Å². The van der Waals surface area contributed by atoms with Crippen LogP contribution in [0.1, 0.15) is 32.0 Å². The number of nitrogens with zero attached hydrogens (tertiary/aromatic N) is 1. The number of amides is 1. The smallest absolute Gasteiger partial charge is 0.234 e. The van der Waals surface area contributed by atoms with E-state index in [1.807, 2.05) is 5.38 Å². The molecule has 1 heterocycles. The number of carbonyl (C=O) groups is 1. The van der Waals surface area contributed by atoms with Gasteiger partial charge in [0, 0.05) is 16.5 Å². The Morgan fingerprint density at radius 2 is 2.14 bits per heavy atom. The van der Waals surface area contributed by atoms with Gasteiger partial charge in [0.25, 0.3) is 0 Å². The van der Waals surface area contributed by atoms with Crippen LogP contribution in [0.5, 0.6) is 0 Å². The van der Waals surface area contributed by atoms with E-state index < -0.39 is 0 Å². The normalized spacial score (nSPS) is 11.5. The van der Waals surface area contributed by atoms with E-state index in [-0.39, 0.29) is 22.9 Å². The van der Waals surface area contributed by atoms with Gasteiger partial charge >= 0.3 is 0 Å². The van der Waals surface area contributed by atoms with Gasteiger partial charge in [-0.1, -0.05) is 38.6 Å². The average molecular weight is 338 g/mol. The van der Waals surface area contributed by atoms with Crippen molar-refractivity contribution in [2.45, 2.75) is 37.4 Å². The number of benzene rings is 1. The molecule has 6 heteroatoms. The molecular weight excluding hydrogens is 319 g/mol. The zero-order valence-corrected chi connectivity index (χ0v) is 14.7. The largest absolute Gasteiger partial charge is 0.325 e. The highest BCUT2D eigenvalue weighted by atomic mass is 32.2. The van der Waals surface area contributed by atoms with Crippen molar-refractivity contribution in [1.29, 1.82) is 0 Å². The number of aryl methyl sites for hydroxylation is 1. The summed E-state index contributed by atoms with van der Waals surface area (Å²) >= 11 is 2.93. The van der Waals surface area contributed by atoms with Crippen LogP contribution in [0.4, 0.5) is 10.1 Å². The van der Waals surface area contributed by atoms with Crippen molar-refractivity contribution in [1.82, 2.24) is 4.98 Å². The van der Waals surface area contributed by atoms with Crippen LogP contribution in [0.25, 0.3) is 0 Å². The van der Waals surface area contributed by atoms with Crippen LogP contribution in [-0.4, -0.2) is 16.6 Å². The quantitative estimate of drug-likeness (QED) is 0.827. The van der Waals surface area contributed by atoms with Crippen molar-refractivity contribution < 1.29 is 9.18 Å². The van der Waals surface area contributed by atoms with Crippen LogP contribution < -0.4 is 5.32 Å². The van der Waals surface area contributed by atoms with Gasteiger partial charge in [0.2, 0.25) is 5.91 Å². The van der Waals surface area contributed by atoms with E-state index in [9.17, 15) is 9.18 Å². The lowest BCUT2D eigenvalue weighted by atomic mass is 9.93. The van der Waals surface area contributed by atoms with Crippen molar-refractivity contribution in [3.63, 3.8) is 0 Å². The van der Waals surface area contributed by atoms with Gasteiger partial charge < -0.3 is 5.32 Å². The summed E-state index contributed by atoms with van der Waals surface area (Å²) in [6, 6.07) is 4.68. The molecule has 22 heavy (non-hydrogen) atoms. The molecule has 2 rings (SSSR count). The Morgan fingerprint density at radius 3 is 2.73 bits per heavy atom. The fraction of sp³-hybridized carbons (Fsp3) is 0.375. The van der Waals surface area contributed by atoms with E-state index >= 15 is 0 Å². The third-order valence-corrected chi connectivity index (χ3v) is 5.05. The highest BCUT2D eigenvalue weighted by molar-refractivity contribution is 8.01. The topological polar surface area (TPSA) is 42.0 Å². The van der Waals surface area contributed by atoms with E-state index in [2.05, 4.69) is 31.1 Å². The Hall–Kier alpha value is -1.40. The second-order valence-electron chi connectivity index (χ2n) is 6.05. The molecule has 118 valence electrons. The summed E-state index contributed by atoms with van der Waals surface area (Å²) in [6.07, 6.45) is 0. The van der Waals surface area contributed by atoms with E-state index in [1.165, 1.54) is 17.8 Å². The SMILES string of the molecule is Cc1ccc(NC(=O)CSc2nc(C(C)(C)C)cs2)cc1F. The Bertz CT molecular complexity index is 677. The highest BCUT2D eigenvalue weighted by Crippen LogP contribution is 2.29. The van der Waals surface area contributed by atoms with Gasteiger partial charge in [-0.2, -0.15) is 0 Å². The molecular formula is C16H19FN2OS2. The maximum absolute atomic E-state index is 13.4. The first-order valence-electron chi connectivity index (χ1n) is 6.90. The summed E-state index contributed by atoms with van der Waals surface area (Å²) in [7, 11) is 0. The van der Waals surface area contributed by atoms with Crippen molar-refractivity contribution >= 4 is 34.7 Å². The number of carbonyl (C=O) groups excluding carboxylic acids is 1. The van der Waals surface area contributed by atoms with Crippen molar-refractivity contribution in [3.05, 3.63) is 40.7 Å². The van der Waals surface area contributed by atoms with E-state index in [1.54, 1.807) is 30.4 Å². The van der Waals surface area contributed by atoms with E-state index in [0.717, 1.165) is 10.0 Å². The van der Waals surface area contributed by atoms with Crippen LogP contribution in [0, 0.1) is 12.7 Å². The molecule has 0 spiro atoms. The molecule has 0 aliphatic rings. The maximum Gasteiger partial charge on any atom is 0.234 e. The van der Waals surface area contributed by atoms with Gasteiger partial charge in [-0.05, 0) is 24.6 Å². The van der Waals surface area contributed by atoms with Crippen LogP contribution in [0.3, 0.4) is 0 Å². The molecule has 0 bridgehead atoms. The summed E-state index contributed by atoms with van der Waals surface area (Å²) in [5, 5.41) is 4.72. The van der Waals surface area contributed by atoms with Gasteiger partial charge in [-0.25, -0.2) is 9.37 Å². The lowest BCUT2D eigenvalue weighted by Gasteiger charge is -2.14. The van der Waals surface area contributed by atoms with Gasteiger partial charge in [-0.3, -0.25) is 4.79 Å². The summed E-state index contributed by atoms with van der Waals surface area (Å²) < 4.78 is 14.3. The van der Waals surface area contributed by atoms with Gasteiger partial charge in [-0.15, -0.1) is 11.3 Å².